The number of hydrogen-bond acceptors (Lipinski definition) is 8. The number of nitrogens with zero attached hydrogens (tertiary/aromatic N) is 4. The first-order valence-electron chi connectivity index (χ1n) is 12.5. The molecule has 0 radical (unpaired) electrons. The van der Waals surface area contributed by atoms with Crippen molar-refractivity contribution in [2.24, 2.45) is 0 Å². The second kappa shape index (κ2) is 12.6. The van der Waals surface area contributed by atoms with Crippen LogP contribution in [0.25, 0.3) is 0 Å². The molecule has 3 aromatic rings. The number of aryl methyl sites for hydroxylation is 2. The van der Waals surface area contributed by atoms with E-state index in [0.717, 1.165) is 49.5 Å². The number of likely N-dealkylation sites (N-methyl/N-ethyl adjacent to an activating group) is 1. The van der Waals surface area contributed by atoms with Gasteiger partial charge >= 0.3 is 0 Å². The third kappa shape index (κ3) is 7.24. The zero-order valence-corrected chi connectivity index (χ0v) is 21.7. The van der Waals surface area contributed by atoms with Crippen LogP contribution < -0.4 is 15.0 Å². The second-order valence-electron chi connectivity index (χ2n) is 9.09. The molecule has 0 spiro atoms. The first kappa shape index (κ1) is 26.5. The number of Topliss-reactive ketones (excluding diaryl/α,β-unsaturated/α-hetero) is 1. The van der Waals surface area contributed by atoms with E-state index < -0.39 is 0 Å². The average molecular weight is 508 g/mol. The molecule has 1 fully saturated rings. The van der Waals surface area contributed by atoms with Gasteiger partial charge in [-0.25, -0.2) is 14.4 Å². The van der Waals surface area contributed by atoms with Gasteiger partial charge in [0.25, 0.3) is 0 Å². The zero-order chi connectivity index (χ0) is 26.2. The molecule has 1 N–H and O–H groups in total. The summed E-state index contributed by atoms with van der Waals surface area (Å²) in [5.41, 5.74) is 3.97. The van der Waals surface area contributed by atoms with E-state index in [1.54, 1.807) is 31.6 Å². The smallest absolute Gasteiger partial charge is 0.227 e. The summed E-state index contributed by atoms with van der Waals surface area (Å²) in [5.74, 6) is 0.653. The molecule has 2 aromatic carbocycles. The van der Waals surface area contributed by atoms with Gasteiger partial charge in [-0.2, -0.15) is 0 Å². The number of ketones is 1. The highest BCUT2D eigenvalue weighted by Gasteiger charge is 2.17. The monoisotopic (exact) mass is 507 g/mol. The molecule has 0 unspecified atom stereocenters. The van der Waals surface area contributed by atoms with Crippen LogP contribution >= 0.6 is 0 Å². The summed E-state index contributed by atoms with van der Waals surface area (Å²) in [6, 6.07) is 10.5. The second-order valence-corrected chi connectivity index (χ2v) is 9.09. The fourth-order valence-electron chi connectivity index (χ4n) is 4.42. The topological polar surface area (TPSA) is 79.8 Å². The Morgan fingerprint density at radius 3 is 2.38 bits per heavy atom. The Kier molecular flexibility index (Phi) is 9.03. The van der Waals surface area contributed by atoms with Gasteiger partial charge in [0.1, 0.15) is 18.2 Å². The first-order chi connectivity index (χ1) is 18.0. The SMILES string of the molecule is CCN1CCN(c2cc(F)cc(Nc3ncc(CCc4cc(OC)cc(C(=O)COC)c4)cn3)c2)CC1. The van der Waals surface area contributed by atoms with Crippen LogP contribution in [0, 0.1) is 5.82 Å². The van der Waals surface area contributed by atoms with Crippen LogP contribution in [-0.4, -0.2) is 74.2 Å². The van der Waals surface area contributed by atoms with Crippen LogP contribution in [0.15, 0.2) is 48.8 Å². The number of anilines is 3. The third-order valence-corrected chi connectivity index (χ3v) is 6.53. The fraction of sp³-hybridized carbons (Fsp3) is 0.393. The van der Waals surface area contributed by atoms with Crippen LogP contribution in [0.5, 0.6) is 5.75 Å². The van der Waals surface area contributed by atoms with Crippen molar-refractivity contribution >= 4 is 23.1 Å². The standard InChI is InChI=1S/C28H34FN5O3/c1-4-33-7-9-34(10-8-33)25-15-23(29)14-24(16-25)32-28-30-17-21(18-31-28)6-5-20-11-22(27(35)19-36-2)13-26(12-20)37-3/h11-18H,4-10,19H2,1-3H3,(H,30,31,32). The minimum Gasteiger partial charge on any atom is -0.497 e. The van der Waals surface area contributed by atoms with Crippen LogP contribution in [0.4, 0.5) is 21.7 Å². The van der Waals surface area contributed by atoms with E-state index in [9.17, 15) is 9.18 Å². The average Bonchev–Trinajstić information content (AvgIpc) is 2.92. The highest BCUT2D eigenvalue weighted by atomic mass is 19.1. The Labute approximate surface area is 217 Å². The van der Waals surface area contributed by atoms with Gasteiger partial charge in [0.15, 0.2) is 5.78 Å². The van der Waals surface area contributed by atoms with Gasteiger partial charge in [-0.1, -0.05) is 6.92 Å². The molecule has 0 aliphatic carbocycles. The number of nitrogens with one attached hydrogen (secondary N) is 1. The lowest BCUT2D eigenvalue weighted by Gasteiger charge is -2.35. The molecule has 0 bridgehead atoms. The minimum absolute atomic E-state index is 0.0250. The fourth-order valence-corrected chi connectivity index (χ4v) is 4.42. The van der Waals surface area contributed by atoms with E-state index in [-0.39, 0.29) is 18.2 Å². The number of aromatic nitrogens is 2. The number of halogens is 1. The molecule has 0 saturated carbocycles. The molecule has 0 amide bonds. The number of piperazine rings is 1. The number of carbonyl (C=O) groups is 1. The molecule has 37 heavy (non-hydrogen) atoms. The predicted molar refractivity (Wildman–Crippen MR) is 143 cm³/mol. The summed E-state index contributed by atoms with van der Waals surface area (Å²) in [6.45, 7) is 6.91. The van der Waals surface area contributed by atoms with Gasteiger partial charge in [0.05, 0.1) is 7.11 Å². The molecule has 4 rings (SSSR count). The van der Waals surface area contributed by atoms with Gasteiger partial charge in [0.2, 0.25) is 5.95 Å². The van der Waals surface area contributed by atoms with Gasteiger partial charge < -0.3 is 24.6 Å². The summed E-state index contributed by atoms with van der Waals surface area (Å²) >= 11 is 0. The maximum absolute atomic E-state index is 14.4. The van der Waals surface area contributed by atoms with Crippen molar-refractivity contribution in [1.82, 2.24) is 14.9 Å². The summed E-state index contributed by atoms with van der Waals surface area (Å²) in [4.78, 5) is 25.7. The zero-order valence-electron chi connectivity index (χ0n) is 21.7. The molecule has 8 nitrogen and oxygen atoms in total. The predicted octanol–water partition coefficient (Wildman–Crippen LogP) is 4.12. The van der Waals surface area contributed by atoms with E-state index in [4.69, 9.17) is 9.47 Å². The number of carbonyl (C=O) groups excluding carboxylic acids is 1. The largest absolute Gasteiger partial charge is 0.497 e. The van der Waals surface area contributed by atoms with E-state index in [1.807, 2.05) is 18.2 Å². The van der Waals surface area contributed by atoms with Crippen molar-refractivity contribution in [3.8, 4) is 5.75 Å². The van der Waals surface area contributed by atoms with Crippen molar-refractivity contribution in [1.29, 1.82) is 0 Å². The van der Waals surface area contributed by atoms with Crippen molar-refractivity contribution in [2.75, 3.05) is 63.8 Å². The van der Waals surface area contributed by atoms with Gasteiger partial charge in [-0.3, -0.25) is 4.79 Å². The first-order valence-corrected chi connectivity index (χ1v) is 12.5. The minimum atomic E-state index is -0.295. The quantitative estimate of drug-likeness (QED) is 0.388. The van der Waals surface area contributed by atoms with Crippen LogP contribution in [0.2, 0.25) is 0 Å². The number of ether oxygens (including phenoxy) is 2. The molecule has 1 aliphatic heterocycles. The maximum Gasteiger partial charge on any atom is 0.227 e. The number of rotatable bonds is 11. The molecule has 9 heteroatoms. The highest BCUT2D eigenvalue weighted by Crippen LogP contribution is 2.25. The lowest BCUT2D eigenvalue weighted by atomic mass is 10.0. The Morgan fingerprint density at radius 2 is 1.70 bits per heavy atom. The summed E-state index contributed by atoms with van der Waals surface area (Å²) in [7, 11) is 3.08. The number of hydrogen-bond donors (Lipinski definition) is 1. The molecule has 1 saturated heterocycles. The molecule has 2 heterocycles. The molecular weight excluding hydrogens is 473 g/mol. The van der Waals surface area contributed by atoms with Crippen LogP contribution in [0.1, 0.15) is 28.4 Å². The van der Waals surface area contributed by atoms with Gasteiger partial charge in [0, 0.05) is 62.6 Å². The van der Waals surface area contributed by atoms with E-state index >= 15 is 0 Å². The Balaban J connectivity index is 1.38. The van der Waals surface area contributed by atoms with E-state index in [1.165, 1.54) is 13.2 Å². The molecular formula is C28H34FN5O3. The van der Waals surface area contributed by atoms with Crippen LogP contribution in [-0.2, 0) is 17.6 Å². The van der Waals surface area contributed by atoms with Crippen molar-refractivity contribution in [3.63, 3.8) is 0 Å². The lowest BCUT2D eigenvalue weighted by molar-refractivity contribution is 0.0847. The molecule has 1 aliphatic rings. The summed E-state index contributed by atoms with van der Waals surface area (Å²) < 4.78 is 24.7. The molecule has 196 valence electrons. The molecule has 1 aromatic heterocycles. The maximum atomic E-state index is 14.4. The number of benzene rings is 2. The Bertz CT molecular complexity index is 1200. The van der Waals surface area contributed by atoms with Gasteiger partial charge in [-0.05, 0) is 66.9 Å². The van der Waals surface area contributed by atoms with E-state index in [0.29, 0.717) is 35.8 Å². The normalized spacial score (nSPS) is 14.0. The third-order valence-electron chi connectivity index (χ3n) is 6.53. The van der Waals surface area contributed by atoms with E-state index in [2.05, 4.69) is 32.0 Å². The lowest BCUT2D eigenvalue weighted by Crippen LogP contribution is -2.46. The van der Waals surface area contributed by atoms with Crippen molar-refractivity contribution in [3.05, 3.63) is 71.3 Å². The Hall–Kier alpha value is -3.56. The van der Waals surface area contributed by atoms with Crippen molar-refractivity contribution < 1.29 is 18.7 Å². The number of methoxy groups -OCH3 is 2. The summed E-state index contributed by atoms with van der Waals surface area (Å²) in [6.07, 6.45) is 4.91. The van der Waals surface area contributed by atoms with Gasteiger partial charge in [-0.15, -0.1) is 0 Å². The summed E-state index contributed by atoms with van der Waals surface area (Å²) in [5, 5.41) is 3.13. The van der Waals surface area contributed by atoms with Crippen molar-refractivity contribution in [2.45, 2.75) is 19.8 Å². The van der Waals surface area contributed by atoms with Crippen LogP contribution in [0.3, 0.4) is 0 Å². The highest BCUT2D eigenvalue weighted by molar-refractivity contribution is 5.97. The Morgan fingerprint density at radius 1 is 0.973 bits per heavy atom. The molecule has 0 atom stereocenters.